The molecular weight excluding hydrogens is 202 g/mol. The van der Waals surface area contributed by atoms with Gasteiger partial charge in [0.2, 0.25) is 5.95 Å². The van der Waals surface area contributed by atoms with Crippen molar-refractivity contribution in [2.45, 2.75) is 32.7 Å². The molecule has 0 unspecified atom stereocenters. The third kappa shape index (κ3) is 2.53. The number of hydrogen-bond acceptors (Lipinski definition) is 5. The number of nitrogens with two attached hydrogens (primary N) is 2. The van der Waals surface area contributed by atoms with Crippen LogP contribution in [-0.4, -0.2) is 22.6 Å². The van der Waals surface area contributed by atoms with Crippen LogP contribution in [0.3, 0.4) is 0 Å². The van der Waals surface area contributed by atoms with Crippen molar-refractivity contribution in [3.63, 3.8) is 0 Å². The van der Waals surface area contributed by atoms with E-state index in [1.54, 1.807) is 6.07 Å². The molecule has 0 saturated heterocycles. The Kier molecular flexibility index (Phi) is 2.85. The highest BCUT2D eigenvalue weighted by Crippen LogP contribution is 2.32. The molecule has 2 rings (SSSR count). The minimum absolute atomic E-state index is 0.247. The number of anilines is 3. The molecule has 0 radical (unpaired) electrons. The van der Waals surface area contributed by atoms with E-state index in [4.69, 9.17) is 11.5 Å². The molecule has 0 atom stereocenters. The van der Waals surface area contributed by atoms with E-state index in [0.29, 0.717) is 11.9 Å². The van der Waals surface area contributed by atoms with Gasteiger partial charge in [-0.2, -0.15) is 9.97 Å². The summed E-state index contributed by atoms with van der Waals surface area (Å²) in [5.41, 5.74) is 11.3. The first-order valence-corrected chi connectivity index (χ1v) is 5.73. The molecule has 0 bridgehead atoms. The Morgan fingerprint density at radius 1 is 1.38 bits per heavy atom. The van der Waals surface area contributed by atoms with Crippen LogP contribution in [0.1, 0.15) is 26.7 Å². The van der Waals surface area contributed by atoms with Crippen LogP contribution in [0.2, 0.25) is 0 Å². The number of aromatic nitrogens is 2. The standard InChI is InChI=1S/C11H19N5/c1-7(2)16(6-8-3-4-8)10-5-9(12)14-11(13)15-10/h5,7-8H,3-4,6H2,1-2H3,(H4,12,13,14,15). The van der Waals surface area contributed by atoms with Gasteiger partial charge < -0.3 is 16.4 Å². The van der Waals surface area contributed by atoms with E-state index in [1.807, 2.05) is 0 Å². The fraction of sp³-hybridized carbons (Fsp3) is 0.636. The van der Waals surface area contributed by atoms with E-state index in [0.717, 1.165) is 18.3 Å². The number of rotatable bonds is 4. The molecule has 0 aromatic carbocycles. The molecule has 0 spiro atoms. The molecule has 5 nitrogen and oxygen atoms in total. The Balaban J connectivity index is 2.22. The van der Waals surface area contributed by atoms with Crippen molar-refractivity contribution in [1.82, 2.24) is 9.97 Å². The smallest absolute Gasteiger partial charge is 0.223 e. The quantitative estimate of drug-likeness (QED) is 0.800. The van der Waals surface area contributed by atoms with Gasteiger partial charge >= 0.3 is 0 Å². The molecule has 1 aromatic heterocycles. The second-order valence-electron chi connectivity index (χ2n) is 4.70. The lowest BCUT2D eigenvalue weighted by atomic mass is 10.2. The third-order valence-corrected chi connectivity index (χ3v) is 2.82. The summed E-state index contributed by atoms with van der Waals surface area (Å²) in [5, 5.41) is 0. The van der Waals surface area contributed by atoms with E-state index in [-0.39, 0.29) is 5.95 Å². The lowest BCUT2D eigenvalue weighted by Crippen LogP contribution is -2.33. The molecule has 1 saturated carbocycles. The fourth-order valence-electron chi connectivity index (χ4n) is 1.77. The van der Waals surface area contributed by atoms with Gasteiger partial charge in [-0.1, -0.05) is 0 Å². The Hall–Kier alpha value is -1.52. The predicted molar refractivity (Wildman–Crippen MR) is 66.1 cm³/mol. The zero-order chi connectivity index (χ0) is 11.7. The van der Waals surface area contributed by atoms with Gasteiger partial charge in [0.1, 0.15) is 11.6 Å². The summed E-state index contributed by atoms with van der Waals surface area (Å²) in [6.45, 7) is 5.33. The summed E-state index contributed by atoms with van der Waals surface area (Å²) >= 11 is 0. The number of nitrogen functional groups attached to an aromatic ring is 2. The lowest BCUT2D eigenvalue weighted by Gasteiger charge is -2.28. The van der Waals surface area contributed by atoms with Crippen molar-refractivity contribution in [3.05, 3.63) is 6.07 Å². The SMILES string of the molecule is CC(C)N(CC1CC1)c1cc(N)nc(N)n1. The van der Waals surface area contributed by atoms with Crippen molar-refractivity contribution < 1.29 is 0 Å². The minimum atomic E-state index is 0.247. The summed E-state index contributed by atoms with van der Waals surface area (Å²) in [4.78, 5) is 10.4. The van der Waals surface area contributed by atoms with Gasteiger partial charge in [-0.15, -0.1) is 0 Å². The number of nitrogens with zero attached hydrogens (tertiary/aromatic N) is 3. The molecule has 4 N–H and O–H groups in total. The Bertz CT molecular complexity index is 352. The average molecular weight is 221 g/mol. The maximum Gasteiger partial charge on any atom is 0.223 e. The third-order valence-electron chi connectivity index (χ3n) is 2.82. The van der Waals surface area contributed by atoms with E-state index in [2.05, 4.69) is 28.7 Å². The number of hydrogen-bond donors (Lipinski definition) is 2. The van der Waals surface area contributed by atoms with E-state index in [1.165, 1.54) is 12.8 Å². The van der Waals surface area contributed by atoms with Crippen molar-refractivity contribution >= 4 is 17.6 Å². The second kappa shape index (κ2) is 4.15. The molecule has 1 aromatic rings. The second-order valence-corrected chi connectivity index (χ2v) is 4.70. The Morgan fingerprint density at radius 2 is 2.06 bits per heavy atom. The monoisotopic (exact) mass is 221 g/mol. The molecule has 16 heavy (non-hydrogen) atoms. The van der Waals surface area contributed by atoms with Gasteiger partial charge in [0.05, 0.1) is 0 Å². The highest BCUT2D eigenvalue weighted by Gasteiger charge is 2.26. The molecule has 1 fully saturated rings. The van der Waals surface area contributed by atoms with Crippen molar-refractivity contribution in [2.75, 3.05) is 22.9 Å². The molecule has 88 valence electrons. The Morgan fingerprint density at radius 3 is 2.56 bits per heavy atom. The maximum atomic E-state index is 5.69. The van der Waals surface area contributed by atoms with Gasteiger partial charge in [-0.25, -0.2) is 0 Å². The highest BCUT2D eigenvalue weighted by atomic mass is 15.2. The molecule has 1 heterocycles. The van der Waals surface area contributed by atoms with Crippen molar-refractivity contribution in [2.24, 2.45) is 5.92 Å². The van der Waals surface area contributed by atoms with Crippen LogP contribution in [-0.2, 0) is 0 Å². The van der Waals surface area contributed by atoms with Gasteiger partial charge in [-0.05, 0) is 32.6 Å². The zero-order valence-electron chi connectivity index (χ0n) is 9.85. The van der Waals surface area contributed by atoms with E-state index >= 15 is 0 Å². The van der Waals surface area contributed by atoms with E-state index in [9.17, 15) is 0 Å². The molecule has 0 aliphatic heterocycles. The minimum Gasteiger partial charge on any atom is -0.383 e. The van der Waals surface area contributed by atoms with Crippen molar-refractivity contribution in [1.29, 1.82) is 0 Å². The van der Waals surface area contributed by atoms with Crippen LogP contribution in [0.25, 0.3) is 0 Å². The molecule has 0 amide bonds. The van der Waals surface area contributed by atoms with Gasteiger partial charge in [0, 0.05) is 18.7 Å². The summed E-state index contributed by atoms with van der Waals surface area (Å²) in [6, 6.07) is 2.19. The first-order valence-electron chi connectivity index (χ1n) is 5.73. The summed E-state index contributed by atoms with van der Waals surface area (Å²) < 4.78 is 0. The summed E-state index contributed by atoms with van der Waals surface area (Å²) in [6.07, 6.45) is 2.64. The van der Waals surface area contributed by atoms with Crippen LogP contribution < -0.4 is 16.4 Å². The fourth-order valence-corrected chi connectivity index (χ4v) is 1.77. The van der Waals surface area contributed by atoms with Crippen LogP contribution in [0.5, 0.6) is 0 Å². The topological polar surface area (TPSA) is 81.1 Å². The van der Waals surface area contributed by atoms with Crippen LogP contribution in [0.4, 0.5) is 17.6 Å². The highest BCUT2D eigenvalue weighted by molar-refractivity contribution is 5.51. The summed E-state index contributed by atoms with van der Waals surface area (Å²) in [5.74, 6) is 2.33. The largest absolute Gasteiger partial charge is 0.383 e. The maximum absolute atomic E-state index is 5.69. The Labute approximate surface area is 95.9 Å². The van der Waals surface area contributed by atoms with Crippen LogP contribution in [0, 0.1) is 5.92 Å². The predicted octanol–water partition coefficient (Wildman–Crippen LogP) is 1.27. The van der Waals surface area contributed by atoms with Crippen LogP contribution in [0.15, 0.2) is 6.07 Å². The normalized spacial score (nSPS) is 15.4. The first kappa shape index (κ1) is 11.0. The van der Waals surface area contributed by atoms with Gasteiger partial charge in [-0.3, -0.25) is 0 Å². The van der Waals surface area contributed by atoms with Gasteiger partial charge in [0.15, 0.2) is 0 Å². The van der Waals surface area contributed by atoms with Crippen LogP contribution >= 0.6 is 0 Å². The molecule has 5 heteroatoms. The first-order chi connectivity index (χ1) is 7.56. The van der Waals surface area contributed by atoms with Crippen molar-refractivity contribution in [3.8, 4) is 0 Å². The van der Waals surface area contributed by atoms with Gasteiger partial charge in [0.25, 0.3) is 0 Å². The van der Waals surface area contributed by atoms with E-state index < -0.39 is 0 Å². The lowest BCUT2D eigenvalue weighted by molar-refractivity contribution is 0.636. The molecule has 1 aliphatic carbocycles. The average Bonchev–Trinajstić information content (AvgIpc) is 2.95. The zero-order valence-corrected chi connectivity index (χ0v) is 9.85. The molecule has 1 aliphatic rings. The molecular formula is C11H19N5. The summed E-state index contributed by atoms with van der Waals surface area (Å²) in [7, 11) is 0.